The molecule has 0 unspecified atom stereocenters. The van der Waals surface area contributed by atoms with Gasteiger partial charge in [-0.3, -0.25) is 4.98 Å². The van der Waals surface area contributed by atoms with Crippen LogP contribution >= 0.6 is 0 Å². The zero-order valence-electron chi connectivity index (χ0n) is 8.60. The second kappa shape index (κ2) is 3.13. The van der Waals surface area contributed by atoms with Crippen LogP contribution in [0.1, 0.15) is 5.69 Å². The number of aryl methyl sites for hydroxylation is 1. The first-order valence-corrected chi connectivity index (χ1v) is 4.90. The fraction of sp³-hybridized carbons (Fsp3) is 0.0833. The Morgan fingerprint density at radius 3 is 3.06 bits per heavy atom. The molecule has 16 heavy (non-hydrogen) atoms. The number of nitrogens with zero attached hydrogens (tertiary/aromatic N) is 2. The Bertz CT molecular complexity index is 747. The second-order valence-electron chi connectivity index (χ2n) is 3.61. The monoisotopic (exact) mass is 212 g/mol. The molecule has 4 heteroatoms. The van der Waals surface area contributed by atoms with Gasteiger partial charge in [0.1, 0.15) is 5.58 Å². The topological polar surface area (TPSA) is 56.0 Å². The number of aromatic nitrogens is 2. The van der Waals surface area contributed by atoms with Crippen LogP contribution in [0, 0.1) is 6.92 Å². The van der Waals surface area contributed by atoms with Gasteiger partial charge < -0.3 is 4.42 Å². The van der Waals surface area contributed by atoms with Gasteiger partial charge in [0.2, 0.25) is 0 Å². The van der Waals surface area contributed by atoms with Crippen molar-refractivity contribution >= 4 is 21.9 Å². The molecule has 0 aliphatic carbocycles. The standard InChI is InChI=1S/C12H8N2O2/c1-7-9-6-10-8(3-2-4-13-10)5-11(9)16-12(15)14-7/h2-6H,1H3. The third-order valence-electron chi connectivity index (χ3n) is 2.55. The van der Waals surface area contributed by atoms with Gasteiger partial charge in [0.25, 0.3) is 0 Å². The van der Waals surface area contributed by atoms with Gasteiger partial charge in [-0.25, -0.2) is 4.79 Å². The third-order valence-corrected chi connectivity index (χ3v) is 2.55. The van der Waals surface area contributed by atoms with Crippen molar-refractivity contribution in [3.63, 3.8) is 0 Å². The van der Waals surface area contributed by atoms with E-state index in [9.17, 15) is 4.79 Å². The van der Waals surface area contributed by atoms with Crippen LogP contribution in [-0.2, 0) is 0 Å². The summed E-state index contributed by atoms with van der Waals surface area (Å²) in [6.45, 7) is 1.79. The third kappa shape index (κ3) is 1.27. The second-order valence-corrected chi connectivity index (χ2v) is 3.61. The highest BCUT2D eigenvalue weighted by molar-refractivity contribution is 5.94. The molecule has 4 nitrogen and oxygen atoms in total. The molecule has 2 aromatic heterocycles. The minimum Gasteiger partial charge on any atom is -0.408 e. The summed E-state index contributed by atoms with van der Waals surface area (Å²) in [5.74, 6) is -0.562. The number of fused-ring (bicyclic) bond motifs is 2. The molecular weight excluding hydrogens is 204 g/mol. The van der Waals surface area contributed by atoms with E-state index in [1.807, 2.05) is 24.3 Å². The molecule has 1 aromatic carbocycles. The molecule has 0 amide bonds. The van der Waals surface area contributed by atoms with E-state index < -0.39 is 5.76 Å². The fourth-order valence-corrected chi connectivity index (χ4v) is 1.78. The lowest BCUT2D eigenvalue weighted by Crippen LogP contribution is -2.05. The summed E-state index contributed by atoms with van der Waals surface area (Å²) in [6, 6.07) is 7.47. The minimum absolute atomic E-state index is 0.554. The maximum absolute atomic E-state index is 11.1. The lowest BCUT2D eigenvalue weighted by molar-refractivity contribution is 0.529. The Hall–Kier alpha value is -2.23. The van der Waals surface area contributed by atoms with Crippen molar-refractivity contribution in [2.24, 2.45) is 0 Å². The molecule has 0 atom stereocenters. The van der Waals surface area contributed by atoms with E-state index in [-0.39, 0.29) is 0 Å². The summed E-state index contributed by atoms with van der Waals surface area (Å²) in [7, 11) is 0. The number of hydrogen-bond donors (Lipinski definition) is 0. The molecule has 0 fully saturated rings. The quantitative estimate of drug-likeness (QED) is 0.535. The lowest BCUT2D eigenvalue weighted by atomic mass is 10.1. The molecule has 3 rings (SSSR count). The van der Waals surface area contributed by atoms with Crippen LogP contribution in [-0.4, -0.2) is 9.97 Å². The molecule has 0 N–H and O–H groups in total. The van der Waals surface area contributed by atoms with Crippen LogP contribution in [0.4, 0.5) is 0 Å². The summed E-state index contributed by atoms with van der Waals surface area (Å²) >= 11 is 0. The summed E-state index contributed by atoms with van der Waals surface area (Å²) in [6.07, 6.45) is 1.73. The molecular formula is C12H8N2O2. The van der Waals surface area contributed by atoms with Crippen LogP contribution in [0.5, 0.6) is 0 Å². The zero-order valence-corrected chi connectivity index (χ0v) is 8.60. The van der Waals surface area contributed by atoms with Gasteiger partial charge >= 0.3 is 5.76 Å². The van der Waals surface area contributed by atoms with Crippen molar-refractivity contribution in [3.05, 3.63) is 46.7 Å². The Morgan fingerprint density at radius 1 is 1.31 bits per heavy atom. The van der Waals surface area contributed by atoms with E-state index in [2.05, 4.69) is 9.97 Å². The molecule has 78 valence electrons. The van der Waals surface area contributed by atoms with Crippen LogP contribution in [0.2, 0.25) is 0 Å². The summed E-state index contributed by atoms with van der Waals surface area (Å²) in [5, 5.41) is 1.77. The molecule has 0 saturated carbocycles. The van der Waals surface area contributed by atoms with E-state index in [0.29, 0.717) is 11.3 Å². The summed E-state index contributed by atoms with van der Waals surface area (Å²) in [5.41, 5.74) is 2.09. The molecule has 3 aromatic rings. The van der Waals surface area contributed by atoms with Crippen molar-refractivity contribution in [3.8, 4) is 0 Å². The first kappa shape index (κ1) is 9.03. The van der Waals surface area contributed by atoms with Gasteiger partial charge in [-0.1, -0.05) is 6.07 Å². The molecule has 0 radical (unpaired) electrons. The first-order valence-electron chi connectivity index (χ1n) is 4.90. The van der Waals surface area contributed by atoms with E-state index in [4.69, 9.17) is 4.42 Å². The largest absolute Gasteiger partial charge is 0.439 e. The average molecular weight is 212 g/mol. The molecule has 0 bridgehead atoms. The van der Waals surface area contributed by atoms with Crippen molar-refractivity contribution in [1.29, 1.82) is 0 Å². The molecule has 2 heterocycles. The molecule has 0 aliphatic heterocycles. The minimum atomic E-state index is -0.562. The Kier molecular flexibility index (Phi) is 1.77. The molecule has 0 aliphatic rings. The first-order chi connectivity index (χ1) is 7.74. The molecule has 0 saturated heterocycles. The Labute approximate surface area is 90.6 Å². The normalized spacial score (nSPS) is 11.1. The van der Waals surface area contributed by atoms with Gasteiger partial charge in [-0.2, -0.15) is 4.98 Å². The van der Waals surface area contributed by atoms with Gasteiger partial charge in [0.05, 0.1) is 11.2 Å². The Balaban J connectivity index is 2.56. The van der Waals surface area contributed by atoms with Crippen LogP contribution in [0.25, 0.3) is 21.9 Å². The lowest BCUT2D eigenvalue weighted by Gasteiger charge is -2.01. The van der Waals surface area contributed by atoms with Crippen LogP contribution < -0.4 is 5.76 Å². The van der Waals surface area contributed by atoms with E-state index in [1.54, 1.807) is 13.1 Å². The van der Waals surface area contributed by atoms with Gasteiger partial charge in [-0.05, 0) is 25.1 Å². The van der Waals surface area contributed by atoms with Crippen molar-refractivity contribution in [2.45, 2.75) is 6.92 Å². The van der Waals surface area contributed by atoms with Gasteiger partial charge in [-0.15, -0.1) is 0 Å². The maximum Gasteiger partial charge on any atom is 0.439 e. The smallest absolute Gasteiger partial charge is 0.408 e. The fourth-order valence-electron chi connectivity index (χ4n) is 1.78. The number of rotatable bonds is 0. The Morgan fingerprint density at radius 2 is 2.19 bits per heavy atom. The van der Waals surface area contributed by atoms with Gasteiger partial charge in [0.15, 0.2) is 0 Å². The maximum atomic E-state index is 11.1. The van der Waals surface area contributed by atoms with Crippen molar-refractivity contribution in [1.82, 2.24) is 9.97 Å². The highest BCUT2D eigenvalue weighted by Gasteiger charge is 2.05. The highest BCUT2D eigenvalue weighted by atomic mass is 16.4. The van der Waals surface area contributed by atoms with Crippen LogP contribution in [0.3, 0.4) is 0 Å². The summed E-state index contributed by atoms with van der Waals surface area (Å²) in [4.78, 5) is 19.2. The predicted molar refractivity (Wildman–Crippen MR) is 60.3 cm³/mol. The highest BCUT2D eigenvalue weighted by Crippen LogP contribution is 2.21. The summed E-state index contributed by atoms with van der Waals surface area (Å²) < 4.78 is 5.06. The average Bonchev–Trinajstić information content (AvgIpc) is 2.27. The predicted octanol–water partition coefficient (Wildman–Crippen LogP) is 2.04. The number of hydrogen-bond acceptors (Lipinski definition) is 4. The van der Waals surface area contributed by atoms with Gasteiger partial charge in [0, 0.05) is 17.0 Å². The van der Waals surface area contributed by atoms with Crippen molar-refractivity contribution in [2.75, 3.05) is 0 Å². The number of benzene rings is 1. The van der Waals surface area contributed by atoms with Crippen molar-refractivity contribution < 1.29 is 4.42 Å². The van der Waals surface area contributed by atoms with E-state index >= 15 is 0 Å². The zero-order chi connectivity index (χ0) is 11.1. The molecule has 0 spiro atoms. The van der Waals surface area contributed by atoms with Crippen LogP contribution in [0.15, 0.2) is 39.7 Å². The van der Waals surface area contributed by atoms with E-state index in [0.717, 1.165) is 16.3 Å². The number of pyridine rings is 1. The SMILES string of the molecule is Cc1nc(=O)oc2cc3cccnc3cc12. The van der Waals surface area contributed by atoms with E-state index in [1.165, 1.54) is 0 Å².